The fraction of sp³-hybridized carbons (Fsp3) is 0.364. The highest BCUT2D eigenvalue weighted by atomic mass is 127. The van der Waals surface area contributed by atoms with Crippen molar-refractivity contribution in [2.24, 2.45) is 0 Å². The molecular formula is C11H13IO2. The summed E-state index contributed by atoms with van der Waals surface area (Å²) in [6.07, 6.45) is 0. The molecule has 0 aliphatic rings. The Morgan fingerprint density at radius 3 is 2.64 bits per heavy atom. The van der Waals surface area contributed by atoms with Crippen molar-refractivity contribution in [1.82, 2.24) is 0 Å². The predicted molar refractivity (Wildman–Crippen MR) is 64.6 cm³/mol. The SMILES string of the molecule is CCOC(=O)c1c(I)ccc(C)c1C. The summed E-state index contributed by atoms with van der Waals surface area (Å²) >= 11 is 2.16. The Hall–Kier alpha value is -0.580. The number of rotatable bonds is 2. The van der Waals surface area contributed by atoms with E-state index in [4.69, 9.17) is 4.74 Å². The largest absolute Gasteiger partial charge is 0.462 e. The Balaban J connectivity index is 3.18. The average molecular weight is 304 g/mol. The van der Waals surface area contributed by atoms with Crippen molar-refractivity contribution in [1.29, 1.82) is 0 Å². The molecule has 0 bridgehead atoms. The molecule has 1 aromatic rings. The highest BCUT2D eigenvalue weighted by Crippen LogP contribution is 2.20. The van der Waals surface area contributed by atoms with E-state index in [9.17, 15) is 4.79 Å². The zero-order chi connectivity index (χ0) is 10.7. The fourth-order valence-electron chi connectivity index (χ4n) is 1.24. The van der Waals surface area contributed by atoms with Crippen molar-refractivity contribution >= 4 is 28.6 Å². The van der Waals surface area contributed by atoms with E-state index in [2.05, 4.69) is 22.6 Å². The summed E-state index contributed by atoms with van der Waals surface area (Å²) in [6, 6.07) is 3.95. The number of carbonyl (C=O) groups excluding carboxylic acids is 1. The van der Waals surface area contributed by atoms with Gasteiger partial charge in [0.15, 0.2) is 0 Å². The number of halogens is 1. The predicted octanol–water partition coefficient (Wildman–Crippen LogP) is 3.08. The van der Waals surface area contributed by atoms with Crippen molar-refractivity contribution in [2.75, 3.05) is 6.61 Å². The maximum absolute atomic E-state index is 11.6. The van der Waals surface area contributed by atoms with E-state index in [1.54, 1.807) is 0 Å². The normalized spacial score (nSPS) is 10.0. The van der Waals surface area contributed by atoms with Gasteiger partial charge < -0.3 is 4.74 Å². The molecule has 0 atom stereocenters. The molecule has 0 radical (unpaired) electrons. The first-order valence-corrected chi connectivity index (χ1v) is 5.58. The summed E-state index contributed by atoms with van der Waals surface area (Å²) in [5.74, 6) is -0.224. The number of hydrogen-bond donors (Lipinski definition) is 0. The second-order valence-corrected chi connectivity index (χ2v) is 4.25. The minimum absolute atomic E-state index is 0.224. The Kier molecular flexibility index (Phi) is 3.92. The lowest BCUT2D eigenvalue weighted by Crippen LogP contribution is -2.09. The van der Waals surface area contributed by atoms with Gasteiger partial charge in [-0.25, -0.2) is 4.79 Å². The van der Waals surface area contributed by atoms with E-state index in [0.717, 1.165) is 14.7 Å². The van der Waals surface area contributed by atoms with Crippen LogP contribution in [-0.4, -0.2) is 12.6 Å². The molecule has 0 saturated carbocycles. The molecule has 0 saturated heterocycles. The van der Waals surface area contributed by atoms with Gasteiger partial charge in [0.2, 0.25) is 0 Å². The van der Waals surface area contributed by atoms with Gasteiger partial charge in [0.1, 0.15) is 0 Å². The zero-order valence-corrected chi connectivity index (χ0v) is 10.7. The third-order valence-corrected chi connectivity index (χ3v) is 3.06. The van der Waals surface area contributed by atoms with Gasteiger partial charge in [0.25, 0.3) is 0 Å². The Morgan fingerprint density at radius 2 is 2.07 bits per heavy atom. The summed E-state index contributed by atoms with van der Waals surface area (Å²) in [6.45, 7) is 6.18. The molecule has 3 heteroatoms. The van der Waals surface area contributed by atoms with Crippen molar-refractivity contribution < 1.29 is 9.53 Å². The van der Waals surface area contributed by atoms with Crippen LogP contribution in [0, 0.1) is 17.4 Å². The molecule has 0 aliphatic heterocycles. The molecule has 0 aliphatic carbocycles. The first-order valence-electron chi connectivity index (χ1n) is 4.50. The lowest BCUT2D eigenvalue weighted by molar-refractivity contribution is 0.0524. The van der Waals surface area contributed by atoms with Crippen molar-refractivity contribution in [3.05, 3.63) is 32.4 Å². The topological polar surface area (TPSA) is 26.3 Å². The molecule has 2 nitrogen and oxygen atoms in total. The summed E-state index contributed by atoms with van der Waals surface area (Å²) in [4.78, 5) is 11.6. The summed E-state index contributed by atoms with van der Waals surface area (Å²) in [5.41, 5.74) is 2.83. The fourth-order valence-corrected chi connectivity index (χ4v) is 2.04. The summed E-state index contributed by atoms with van der Waals surface area (Å²) < 4.78 is 5.95. The van der Waals surface area contributed by atoms with E-state index in [0.29, 0.717) is 12.2 Å². The first kappa shape index (κ1) is 11.5. The van der Waals surface area contributed by atoms with Crippen molar-refractivity contribution in [2.45, 2.75) is 20.8 Å². The maximum atomic E-state index is 11.6. The van der Waals surface area contributed by atoms with Gasteiger partial charge >= 0.3 is 5.97 Å². The molecule has 1 rings (SSSR count). The van der Waals surface area contributed by atoms with Gasteiger partial charge in [0, 0.05) is 3.57 Å². The molecule has 1 aromatic carbocycles. The van der Waals surface area contributed by atoms with Gasteiger partial charge in [-0.1, -0.05) is 6.07 Å². The Morgan fingerprint density at radius 1 is 1.43 bits per heavy atom. The third-order valence-electron chi connectivity index (χ3n) is 2.16. The molecule has 0 N–H and O–H groups in total. The molecule has 0 aromatic heterocycles. The molecular weight excluding hydrogens is 291 g/mol. The minimum Gasteiger partial charge on any atom is -0.462 e. The van der Waals surface area contributed by atoms with Crippen LogP contribution in [0.4, 0.5) is 0 Å². The number of ether oxygens (including phenoxy) is 1. The van der Waals surface area contributed by atoms with Crippen LogP contribution >= 0.6 is 22.6 Å². The summed E-state index contributed by atoms with van der Waals surface area (Å²) in [5, 5.41) is 0. The minimum atomic E-state index is -0.224. The van der Waals surface area contributed by atoms with E-state index in [-0.39, 0.29) is 5.97 Å². The van der Waals surface area contributed by atoms with Crippen molar-refractivity contribution in [3.8, 4) is 0 Å². The van der Waals surface area contributed by atoms with E-state index < -0.39 is 0 Å². The lowest BCUT2D eigenvalue weighted by atomic mass is 10.0. The molecule has 0 heterocycles. The molecule has 0 fully saturated rings. The maximum Gasteiger partial charge on any atom is 0.339 e. The number of benzene rings is 1. The van der Waals surface area contributed by atoms with Crippen LogP contribution in [0.2, 0.25) is 0 Å². The average Bonchev–Trinajstić information content (AvgIpc) is 2.13. The molecule has 0 spiro atoms. The second kappa shape index (κ2) is 4.77. The lowest BCUT2D eigenvalue weighted by Gasteiger charge is -2.09. The van der Waals surface area contributed by atoms with Crippen LogP contribution in [0.15, 0.2) is 12.1 Å². The molecule has 0 unspecified atom stereocenters. The molecule has 14 heavy (non-hydrogen) atoms. The van der Waals surface area contributed by atoms with Crippen LogP contribution in [0.5, 0.6) is 0 Å². The first-order chi connectivity index (χ1) is 6.57. The van der Waals surface area contributed by atoms with Gasteiger partial charge in [0.05, 0.1) is 12.2 Å². The quantitative estimate of drug-likeness (QED) is 0.620. The van der Waals surface area contributed by atoms with Crippen LogP contribution in [0.25, 0.3) is 0 Å². The Labute approximate surface area is 97.8 Å². The van der Waals surface area contributed by atoms with Gasteiger partial charge in [-0.2, -0.15) is 0 Å². The standard InChI is InChI=1S/C11H13IO2/c1-4-14-11(13)10-8(3)7(2)5-6-9(10)12/h5-6H,4H2,1-3H3. The van der Waals surface area contributed by atoms with Crippen LogP contribution in [0.1, 0.15) is 28.4 Å². The molecule has 0 amide bonds. The summed E-state index contributed by atoms with van der Waals surface area (Å²) in [7, 11) is 0. The number of hydrogen-bond acceptors (Lipinski definition) is 2. The highest BCUT2D eigenvalue weighted by molar-refractivity contribution is 14.1. The molecule has 76 valence electrons. The monoisotopic (exact) mass is 304 g/mol. The number of esters is 1. The smallest absolute Gasteiger partial charge is 0.339 e. The van der Waals surface area contributed by atoms with Crippen LogP contribution in [-0.2, 0) is 4.74 Å². The number of carbonyl (C=O) groups is 1. The van der Waals surface area contributed by atoms with Gasteiger partial charge in [-0.05, 0) is 60.6 Å². The number of aryl methyl sites for hydroxylation is 1. The van der Waals surface area contributed by atoms with Crippen LogP contribution in [0.3, 0.4) is 0 Å². The van der Waals surface area contributed by atoms with Gasteiger partial charge in [-0.3, -0.25) is 0 Å². The van der Waals surface area contributed by atoms with E-state index in [1.807, 2.05) is 32.9 Å². The van der Waals surface area contributed by atoms with E-state index >= 15 is 0 Å². The van der Waals surface area contributed by atoms with Crippen LogP contribution < -0.4 is 0 Å². The third kappa shape index (κ3) is 2.26. The van der Waals surface area contributed by atoms with E-state index in [1.165, 1.54) is 0 Å². The highest BCUT2D eigenvalue weighted by Gasteiger charge is 2.14. The van der Waals surface area contributed by atoms with Gasteiger partial charge in [-0.15, -0.1) is 0 Å². The van der Waals surface area contributed by atoms with Crippen molar-refractivity contribution in [3.63, 3.8) is 0 Å². The second-order valence-electron chi connectivity index (χ2n) is 3.08. The zero-order valence-electron chi connectivity index (χ0n) is 8.56. The Bertz CT molecular complexity index is 359.